The average Bonchev–Trinajstić information content (AvgIpc) is 2.89. The van der Waals surface area contributed by atoms with Crippen molar-refractivity contribution in [1.29, 1.82) is 0 Å². The number of halogens is 2. The molecule has 3 rings (SSSR count). The number of benzene rings is 2. The van der Waals surface area contributed by atoms with Crippen LogP contribution in [0, 0.1) is 10.1 Å². The van der Waals surface area contributed by atoms with Crippen molar-refractivity contribution in [2.45, 2.75) is 6.92 Å². The van der Waals surface area contributed by atoms with Crippen LogP contribution in [-0.2, 0) is 4.79 Å². The molecule has 1 N–H and O–H groups in total. The van der Waals surface area contributed by atoms with E-state index in [1.807, 2.05) is 0 Å². The Bertz CT molecular complexity index is 1060. The van der Waals surface area contributed by atoms with Crippen LogP contribution in [0.1, 0.15) is 27.6 Å². The smallest absolute Gasteiger partial charge is 0.282 e. The van der Waals surface area contributed by atoms with Gasteiger partial charge in [-0.05, 0) is 41.1 Å². The van der Waals surface area contributed by atoms with Crippen molar-refractivity contribution in [1.82, 2.24) is 4.90 Å². The highest BCUT2D eigenvalue weighted by Gasteiger charge is 2.41. The zero-order valence-corrected chi connectivity index (χ0v) is 17.2. The summed E-state index contributed by atoms with van der Waals surface area (Å²) in [6.45, 7) is 1.46. The lowest BCUT2D eigenvalue weighted by Gasteiger charge is -2.16. The van der Waals surface area contributed by atoms with Gasteiger partial charge in [-0.15, -0.1) is 0 Å². The molecule has 1 aliphatic heterocycles. The van der Waals surface area contributed by atoms with Crippen LogP contribution in [0.15, 0.2) is 34.8 Å². The molecule has 2 aromatic rings. The molecule has 9 nitrogen and oxygen atoms in total. The van der Waals surface area contributed by atoms with Gasteiger partial charge in [0, 0.05) is 11.1 Å². The summed E-state index contributed by atoms with van der Waals surface area (Å²) in [7, 11) is 0. The summed E-state index contributed by atoms with van der Waals surface area (Å²) in [5.41, 5.74) is -0.673. The second kappa shape index (κ2) is 8.18. The van der Waals surface area contributed by atoms with Crippen LogP contribution >= 0.6 is 27.5 Å². The largest absolute Gasteiger partial charge is 0.491 e. The van der Waals surface area contributed by atoms with E-state index in [1.165, 1.54) is 18.2 Å². The Hall–Kier alpha value is -2.98. The Morgan fingerprint density at radius 3 is 2.69 bits per heavy atom. The van der Waals surface area contributed by atoms with E-state index >= 15 is 0 Å². The van der Waals surface area contributed by atoms with Crippen LogP contribution in [0.2, 0.25) is 5.02 Å². The summed E-state index contributed by atoms with van der Waals surface area (Å²) in [5, 5.41) is 14.0. The Labute approximate surface area is 177 Å². The summed E-state index contributed by atoms with van der Waals surface area (Å²) >= 11 is 9.30. The molecule has 3 amide bonds. The lowest BCUT2D eigenvalue weighted by Crippen LogP contribution is -2.37. The van der Waals surface area contributed by atoms with E-state index in [2.05, 4.69) is 21.2 Å². The molecule has 1 heterocycles. The van der Waals surface area contributed by atoms with E-state index in [4.69, 9.17) is 16.3 Å². The fourth-order valence-corrected chi connectivity index (χ4v) is 3.81. The van der Waals surface area contributed by atoms with Gasteiger partial charge in [-0.25, -0.2) is 0 Å². The first kappa shape index (κ1) is 20.7. The normalized spacial score (nSPS) is 12.7. The van der Waals surface area contributed by atoms with Crippen LogP contribution in [-0.4, -0.2) is 40.7 Å². The van der Waals surface area contributed by atoms with E-state index < -0.39 is 34.9 Å². The number of nitrogens with zero attached hydrogens (tertiary/aromatic N) is 2. The number of nitro groups is 1. The van der Waals surface area contributed by atoms with Crippen LogP contribution in [0.4, 0.5) is 11.4 Å². The molecule has 150 valence electrons. The summed E-state index contributed by atoms with van der Waals surface area (Å²) in [6.07, 6.45) is 0. The molecular weight excluding hydrogens is 470 g/mol. The second-order valence-electron chi connectivity index (χ2n) is 5.90. The van der Waals surface area contributed by atoms with Crippen molar-refractivity contribution in [3.05, 3.63) is 61.1 Å². The molecule has 29 heavy (non-hydrogen) atoms. The Kier molecular flexibility index (Phi) is 5.85. The zero-order chi connectivity index (χ0) is 21.3. The van der Waals surface area contributed by atoms with Gasteiger partial charge in [-0.1, -0.05) is 17.7 Å². The van der Waals surface area contributed by atoms with Gasteiger partial charge < -0.3 is 10.1 Å². The third-order valence-corrected chi connectivity index (χ3v) is 4.85. The van der Waals surface area contributed by atoms with Crippen LogP contribution < -0.4 is 10.1 Å². The van der Waals surface area contributed by atoms with Crippen LogP contribution in [0.3, 0.4) is 0 Å². The highest BCUT2D eigenvalue weighted by molar-refractivity contribution is 9.10. The maximum absolute atomic E-state index is 12.6. The number of nitrogens with one attached hydrogen (secondary N) is 1. The van der Waals surface area contributed by atoms with Crippen LogP contribution in [0.5, 0.6) is 5.75 Å². The number of ether oxygens (including phenoxy) is 1. The van der Waals surface area contributed by atoms with Crippen molar-refractivity contribution in [2.75, 3.05) is 18.5 Å². The molecule has 0 saturated carbocycles. The van der Waals surface area contributed by atoms with E-state index in [0.717, 1.165) is 6.07 Å². The van der Waals surface area contributed by atoms with Gasteiger partial charge in [-0.2, -0.15) is 0 Å². The molecule has 0 unspecified atom stereocenters. The van der Waals surface area contributed by atoms with E-state index in [9.17, 15) is 24.5 Å². The Balaban J connectivity index is 1.84. The quantitative estimate of drug-likeness (QED) is 0.381. The van der Waals surface area contributed by atoms with Crippen molar-refractivity contribution in [3.63, 3.8) is 0 Å². The predicted molar refractivity (Wildman–Crippen MR) is 107 cm³/mol. The Morgan fingerprint density at radius 2 is 2.03 bits per heavy atom. The molecule has 11 heteroatoms. The number of carbonyl (C=O) groups excluding carboxylic acids is 3. The minimum absolute atomic E-state index is 0.113. The maximum Gasteiger partial charge on any atom is 0.282 e. The van der Waals surface area contributed by atoms with Crippen molar-refractivity contribution in [3.8, 4) is 5.75 Å². The molecule has 0 bridgehead atoms. The van der Waals surface area contributed by atoms with Crippen molar-refractivity contribution < 1.29 is 24.0 Å². The average molecular weight is 483 g/mol. The van der Waals surface area contributed by atoms with E-state index in [-0.39, 0.29) is 16.8 Å². The zero-order valence-electron chi connectivity index (χ0n) is 14.9. The molecule has 2 aromatic carbocycles. The number of rotatable bonds is 6. The number of nitro benzene ring substituents is 1. The predicted octanol–water partition coefficient (Wildman–Crippen LogP) is 3.64. The second-order valence-corrected chi connectivity index (χ2v) is 7.19. The molecule has 0 saturated heterocycles. The van der Waals surface area contributed by atoms with Gasteiger partial charge in [-0.3, -0.25) is 29.4 Å². The minimum Gasteiger partial charge on any atom is -0.491 e. The van der Waals surface area contributed by atoms with E-state index in [1.54, 1.807) is 13.0 Å². The summed E-state index contributed by atoms with van der Waals surface area (Å²) in [4.78, 5) is 48.6. The van der Waals surface area contributed by atoms with Crippen LogP contribution in [0.25, 0.3) is 0 Å². The lowest BCUT2D eigenvalue weighted by molar-refractivity contribution is -0.385. The number of fused-ring (bicyclic) bond motifs is 1. The lowest BCUT2D eigenvalue weighted by atomic mass is 10.1. The number of carbonyl (C=O) groups is 3. The molecule has 0 aromatic heterocycles. The van der Waals surface area contributed by atoms with Gasteiger partial charge in [0.1, 0.15) is 12.1 Å². The van der Waals surface area contributed by atoms with Gasteiger partial charge in [0.2, 0.25) is 5.91 Å². The highest BCUT2D eigenvalue weighted by atomic mass is 79.9. The summed E-state index contributed by atoms with van der Waals surface area (Å²) in [6, 6.07) is 6.80. The standard InChI is InChI=1S/C18H13BrClN3O6/c1-2-29-16-11(19)6-9(20)7-12(16)21-14(24)8-22-17(25)10-4-3-5-13(23(27)28)15(10)18(22)26/h3-7H,2,8H2,1H3,(H,21,24). The first-order valence-corrected chi connectivity index (χ1v) is 9.47. The molecule has 0 fully saturated rings. The number of amides is 3. The summed E-state index contributed by atoms with van der Waals surface area (Å²) < 4.78 is 6.00. The van der Waals surface area contributed by atoms with Crippen molar-refractivity contribution >= 4 is 56.6 Å². The number of hydrogen-bond acceptors (Lipinski definition) is 6. The minimum atomic E-state index is -0.898. The number of imide groups is 1. The van der Waals surface area contributed by atoms with Gasteiger partial charge >= 0.3 is 0 Å². The maximum atomic E-state index is 12.6. The monoisotopic (exact) mass is 481 g/mol. The third kappa shape index (κ3) is 3.94. The molecular formula is C18H13BrClN3O6. The van der Waals surface area contributed by atoms with Gasteiger partial charge in [0.25, 0.3) is 17.5 Å². The van der Waals surface area contributed by atoms with E-state index in [0.29, 0.717) is 26.8 Å². The molecule has 1 aliphatic rings. The Morgan fingerprint density at radius 1 is 1.31 bits per heavy atom. The molecule has 0 atom stereocenters. The first-order chi connectivity index (χ1) is 13.7. The first-order valence-electron chi connectivity index (χ1n) is 8.29. The number of anilines is 1. The molecule has 0 spiro atoms. The summed E-state index contributed by atoms with van der Waals surface area (Å²) in [5.74, 6) is -2.04. The van der Waals surface area contributed by atoms with Crippen molar-refractivity contribution in [2.24, 2.45) is 0 Å². The molecule has 0 radical (unpaired) electrons. The van der Waals surface area contributed by atoms with Gasteiger partial charge in [0.05, 0.1) is 27.3 Å². The van der Waals surface area contributed by atoms with Gasteiger partial charge in [0.15, 0.2) is 5.75 Å². The third-order valence-electron chi connectivity index (χ3n) is 4.05. The molecule has 0 aliphatic carbocycles. The number of hydrogen-bond donors (Lipinski definition) is 1. The highest BCUT2D eigenvalue weighted by Crippen LogP contribution is 2.37. The fraction of sp³-hybridized carbons (Fsp3) is 0.167. The topological polar surface area (TPSA) is 119 Å². The SMILES string of the molecule is CCOc1c(Br)cc(Cl)cc1NC(=O)CN1C(=O)c2cccc([N+](=O)[O-])c2C1=O. The fourth-order valence-electron chi connectivity index (χ4n) is 2.89.